The first kappa shape index (κ1) is 11.0. The summed E-state index contributed by atoms with van der Waals surface area (Å²) in [6.45, 7) is 1.93. The number of hydrogen-bond donors (Lipinski definition) is 2. The van der Waals surface area contributed by atoms with E-state index in [1.165, 1.54) is 0 Å². The molecule has 0 aliphatic heterocycles. The molecule has 2 rings (SSSR count). The first-order chi connectivity index (χ1) is 7.63. The molecule has 0 radical (unpaired) electrons. The highest BCUT2D eigenvalue weighted by Crippen LogP contribution is 2.27. The van der Waals surface area contributed by atoms with Crippen LogP contribution < -0.4 is 11.3 Å². The number of carbonyl (C=O) groups is 1. The molecule has 0 bridgehead atoms. The first-order valence-electron chi connectivity index (χ1n) is 5.48. The molecular formula is C12H17N3O. The zero-order valence-electron chi connectivity index (χ0n) is 9.66. The van der Waals surface area contributed by atoms with Crippen LogP contribution in [0.25, 0.3) is 0 Å². The molecule has 0 unspecified atom stereocenters. The third-order valence-electron chi connectivity index (χ3n) is 3.04. The Balaban J connectivity index is 2.22. The van der Waals surface area contributed by atoms with Crippen LogP contribution in [0.2, 0.25) is 0 Å². The molecule has 16 heavy (non-hydrogen) atoms. The van der Waals surface area contributed by atoms with Crippen LogP contribution >= 0.6 is 0 Å². The molecule has 0 spiro atoms. The third-order valence-corrected chi connectivity index (χ3v) is 3.04. The van der Waals surface area contributed by atoms with Crippen LogP contribution in [0.1, 0.15) is 28.8 Å². The standard InChI is InChI=1S/C12H17N3O/c1-8-7-9(14-13)3-6-11(8)12(16)15(2)10-4-5-10/h3,6-7,10,14H,4-5,13H2,1-2H3. The van der Waals surface area contributed by atoms with E-state index in [1.54, 1.807) is 0 Å². The molecule has 3 N–H and O–H groups in total. The van der Waals surface area contributed by atoms with Crippen molar-refractivity contribution in [2.75, 3.05) is 12.5 Å². The Morgan fingerprint density at radius 1 is 1.50 bits per heavy atom. The maximum atomic E-state index is 12.1. The number of hydrazine groups is 1. The largest absolute Gasteiger partial charge is 0.339 e. The van der Waals surface area contributed by atoms with Gasteiger partial charge in [-0.2, -0.15) is 0 Å². The molecule has 4 nitrogen and oxygen atoms in total. The predicted molar refractivity (Wildman–Crippen MR) is 64.1 cm³/mol. The van der Waals surface area contributed by atoms with Gasteiger partial charge in [0, 0.05) is 24.3 Å². The summed E-state index contributed by atoms with van der Waals surface area (Å²) in [6.07, 6.45) is 2.26. The lowest BCUT2D eigenvalue weighted by Gasteiger charge is -2.17. The quantitative estimate of drug-likeness (QED) is 0.598. The van der Waals surface area contributed by atoms with E-state index in [-0.39, 0.29) is 5.91 Å². The number of benzene rings is 1. The average molecular weight is 219 g/mol. The smallest absolute Gasteiger partial charge is 0.254 e. The maximum Gasteiger partial charge on any atom is 0.254 e. The Kier molecular flexibility index (Phi) is 2.83. The number of nitrogen functional groups attached to an aromatic ring is 1. The number of carbonyl (C=O) groups excluding carboxylic acids is 1. The van der Waals surface area contributed by atoms with Gasteiger partial charge in [-0.3, -0.25) is 10.6 Å². The van der Waals surface area contributed by atoms with Crippen LogP contribution in [0.5, 0.6) is 0 Å². The SMILES string of the molecule is Cc1cc(NN)ccc1C(=O)N(C)C1CC1. The minimum absolute atomic E-state index is 0.101. The Bertz CT molecular complexity index is 413. The second kappa shape index (κ2) is 4.14. The molecule has 86 valence electrons. The number of hydrogen-bond acceptors (Lipinski definition) is 3. The fourth-order valence-electron chi connectivity index (χ4n) is 1.81. The number of anilines is 1. The van der Waals surface area contributed by atoms with Crippen molar-refractivity contribution in [2.45, 2.75) is 25.8 Å². The number of nitrogens with zero attached hydrogens (tertiary/aromatic N) is 1. The lowest BCUT2D eigenvalue weighted by atomic mass is 10.1. The average Bonchev–Trinajstić information content (AvgIpc) is 3.10. The highest BCUT2D eigenvalue weighted by atomic mass is 16.2. The van der Waals surface area contributed by atoms with E-state index in [0.717, 1.165) is 29.7 Å². The normalized spacial score (nSPS) is 14.7. The number of rotatable bonds is 3. The van der Waals surface area contributed by atoms with E-state index in [4.69, 9.17) is 5.84 Å². The molecule has 1 saturated carbocycles. The highest BCUT2D eigenvalue weighted by Gasteiger charge is 2.30. The summed E-state index contributed by atoms with van der Waals surface area (Å²) in [5, 5.41) is 0. The van der Waals surface area contributed by atoms with Crippen LogP contribution in [-0.4, -0.2) is 23.9 Å². The molecule has 0 atom stereocenters. The molecule has 0 heterocycles. The summed E-state index contributed by atoms with van der Waals surface area (Å²) in [5.74, 6) is 5.42. The van der Waals surface area contributed by atoms with Crippen molar-refractivity contribution in [1.29, 1.82) is 0 Å². The van der Waals surface area contributed by atoms with Crippen LogP contribution in [0.3, 0.4) is 0 Å². The van der Waals surface area contributed by atoms with E-state index < -0.39 is 0 Å². The second-order valence-electron chi connectivity index (χ2n) is 4.32. The molecule has 1 fully saturated rings. The first-order valence-corrected chi connectivity index (χ1v) is 5.48. The molecule has 1 aliphatic carbocycles. The Morgan fingerprint density at radius 3 is 2.69 bits per heavy atom. The van der Waals surface area contributed by atoms with Crippen molar-refractivity contribution in [2.24, 2.45) is 5.84 Å². The zero-order valence-corrected chi connectivity index (χ0v) is 9.66. The molecule has 1 amide bonds. The summed E-state index contributed by atoms with van der Waals surface area (Å²) >= 11 is 0. The monoisotopic (exact) mass is 219 g/mol. The van der Waals surface area contributed by atoms with Gasteiger partial charge in [0.1, 0.15) is 0 Å². The van der Waals surface area contributed by atoms with Gasteiger partial charge in [-0.25, -0.2) is 0 Å². The van der Waals surface area contributed by atoms with Crippen LogP contribution in [0.4, 0.5) is 5.69 Å². The number of amides is 1. The van der Waals surface area contributed by atoms with Crippen molar-refractivity contribution >= 4 is 11.6 Å². The number of nitrogens with one attached hydrogen (secondary N) is 1. The minimum Gasteiger partial charge on any atom is -0.339 e. The fraction of sp³-hybridized carbons (Fsp3) is 0.417. The van der Waals surface area contributed by atoms with Crippen LogP contribution in [0, 0.1) is 6.92 Å². The van der Waals surface area contributed by atoms with E-state index in [0.29, 0.717) is 6.04 Å². The summed E-state index contributed by atoms with van der Waals surface area (Å²) in [4.78, 5) is 14.0. The van der Waals surface area contributed by atoms with Gasteiger partial charge in [-0.15, -0.1) is 0 Å². The maximum absolute atomic E-state index is 12.1. The lowest BCUT2D eigenvalue weighted by molar-refractivity contribution is 0.0784. The summed E-state index contributed by atoms with van der Waals surface area (Å²) in [5.41, 5.74) is 5.11. The lowest BCUT2D eigenvalue weighted by Crippen LogP contribution is -2.29. The number of nitrogens with two attached hydrogens (primary N) is 1. The molecule has 1 aromatic carbocycles. The zero-order chi connectivity index (χ0) is 11.7. The third kappa shape index (κ3) is 2.02. The van der Waals surface area contributed by atoms with E-state index in [2.05, 4.69) is 5.43 Å². The number of aryl methyl sites for hydroxylation is 1. The summed E-state index contributed by atoms with van der Waals surface area (Å²) in [6, 6.07) is 5.97. The van der Waals surface area contributed by atoms with E-state index >= 15 is 0 Å². The topological polar surface area (TPSA) is 58.4 Å². The van der Waals surface area contributed by atoms with Gasteiger partial charge in [0.25, 0.3) is 5.91 Å². The van der Waals surface area contributed by atoms with Gasteiger partial charge >= 0.3 is 0 Å². The van der Waals surface area contributed by atoms with Crippen LogP contribution in [0.15, 0.2) is 18.2 Å². The Morgan fingerprint density at radius 2 is 2.19 bits per heavy atom. The molecule has 0 aromatic heterocycles. The predicted octanol–water partition coefficient (Wildman–Crippen LogP) is 1.52. The van der Waals surface area contributed by atoms with Gasteiger partial charge in [0.2, 0.25) is 0 Å². The van der Waals surface area contributed by atoms with E-state index in [1.807, 2.05) is 37.1 Å². The summed E-state index contributed by atoms with van der Waals surface area (Å²) in [7, 11) is 1.87. The highest BCUT2D eigenvalue weighted by molar-refractivity contribution is 5.96. The second-order valence-corrected chi connectivity index (χ2v) is 4.32. The Labute approximate surface area is 95.4 Å². The van der Waals surface area contributed by atoms with Crippen molar-refractivity contribution in [3.8, 4) is 0 Å². The van der Waals surface area contributed by atoms with E-state index in [9.17, 15) is 4.79 Å². The van der Waals surface area contributed by atoms with Gasteiger partial charge in [-0.1, -0.05) is 0 Å². The van der Waals surface area contributed by atoms with Gasteiger partial charge in [0.05, 0.1) is 0 Å². The fourth-order valence-corrected chi connectivity index (χ4v) is 1.81. The molecule has 4 heteroatoms. The van der Waals surface area contributed by atoms with Crippen LogP contribution in [-0.2, 0) is 0 Å². The van der Waals surface area contributed by atoms with Gasteiger partial charge < -0.3 is 10.3 Å². The van der Waals surface area contributed by atoms with Crippen molar-refractivity contribution < 1.29 is 4.79 Å². The molecule has 1 aromatic rings. The Hall–Kier alpha value is -1.55. The molecule has 1 aliphatic rings. The van der Waals surface area contributed by atoms with Crippen molar-refractivity contribution in [3.05, 3.63) is 29.3 Å². The molecular weight excluding hydrogens is 202 g/mol. The van der Waals surface area contributed by atoms with Gasteiger partial charge in [-0.05, 0) is 43.5 Å². The van der Waals surface area contributed by atoms with Crippen molar-refractivity contribution in [3.63, 3.8) is 0 Å². The molecule has 0 saturated heterocycles. The minimum atomic E-state index is 0.101. The summed E-state index contributed by atoms with van der Waals surface area (Å²) < 4.78 is 0. The van der Waals surface area contributed by atoms with Gasteiger partial charge in [0.15, 0.2) is 0 Å². The van der Waals surface area contributed by atoms with Crippen molar-refractivity contribution in [1.82, 2.24) is 4.90 Å².